The fourth-order valence-corrected chi connectivity index (χ4v) is 6.94. The second-order valence-electron chi connectivity index (χ2n) is 8.20. The van der Waals surface area contributed by atoms with Gasteiger partial charge in [0.25, 0.3) is 10.0 Å². The molecule has 1 atom stereocenters. The van der Waals surface area contributed by atoms with E-state index in [1.807, 2.05) is 32.0 Å². The number of hydrogen-bond acceptors (Lipinski definition) is 6. The highest BCUT2D eigenvalue weighted by atomic mass is 32.2. The maximum Gasteiger partial charge on any atom is 0.252 e. The van der Waals surface area contributed by atoms with E-state index in [-0.39, 0.29) is 24.3 Å². The maximum atomic E-state index is 12.8. The zero-order valence-electron chi connectivity index (χ0n) is 17.8. The Bertz CT molecular complexity index is 1040. The monoisotopic (exact) mass is 464 g/mol. The van der Waals surface area contributed by atoms with E-state index < -0.39 is 10.0 Å². The van der Waals surface area contributed by atoms with Crippen molar-refractivity contribution in [3.63, 3.8) is 0 Å². The number of ether oxygens (including phenoxy) is 2. The molecule has 7 nitrogen and oxygen atoms in total. The fourth-order valence-electron chi connectivity index (χ4n) is 3.92. The van der Waals surface area contributed by atoms with Crippen LogP contribution in [0.4, 0.5) is 0 Å². The molecular formula is C22H28N2O5S2. The summed E-state index contributed by atoms with van der Waals surface area (Å²) in [5.41, 5.74) is 0.955. The van der Waals surface area contributed by atoms with Crippen LogP contribution in [0.15, 0.2) is 34.5 Å². The summed E-state index contributed by atoms with van der Waals surface area (Å²) < 4.78 is 38.5. The van der Waals surface area contributed by atoms with Crippen LogP contribution in [-0.2, 0) is 21.2 Å². The first-order valence-electron chi connectivity index (χ1n) is 10.6. The topological polar surface area (TPSA) is 84.9 Å². The summed E-state index contributed by atoms with van der Waals surface area (Å²) in [6.07, 6.45) is 1.95. The molecule has 1 saturated heterocycles. The van der Waals surface area contributed by atoms with E-state index in [1.165, 1.54) is 15.6 Å². The van der Waals surface area contributed by atoms with E-state index in [0.29, 0.717) is 42.0 Å². The fraction of sp³-hybridized carbons (Fsp3) is 0.500. The van der Waals surface area contributed by atoms with E-state index in [4.69, 9.17) is 9.47 Å². The molecule has 0 aliphatic carbocycles. The Morgan fingerprint density at radius 3 is 2.52 bits per heavy atom. The summed E-state index contributed by atoms with van der Waals surface area (Å²) in [6.45, 7) is 6.29. The highest BCUT2D eigenvalue weighted by Gasteiger charge is 2.29. The zero-order valence-corrected chi connectivity index (χ0v) is 19.4. The maximum absolute atomic E-state index is 12.8. The number of fused-ring (bicyclic) bond motifs is 1. The number of sulfonamides is 1. The van der Waals surface area contributed by atoms with Crippen LogP contribution in [0, 0.1) is 5.92 Å². The second kappa shape index (κ2) is 9.18. The van der Waals surface area contributed by atoms with Crippen molar-refractivity contribution in [2.45, 2.75) is 43.4 Å². The van der Waals surface area contributed by atoms with Gasteiger partial charge < -0.3 is 14.8 Å². The van der Waals surface area contributed by atoms with Crippen molar-refractivity contribution in [1.82, 2.24) is 9.62 Å². The van der Waals surface area contributed by atoms with Crippen molar-refractivity contribution in [2.24, 2.45) is 5.92 Å². The molecule has 0 bridgehead atoms. The SMILES string of the molecule is CC(C)C(NC(=O)Cc1ccc(S(=O)(=O)N2CCCC2)s1)c1ccc2c(c1)OCCO2. The van der Waals surface area contributed by atoms with Gasteiger partial charge >= 0.3 is 0 Å². The third-order valence-electron chi connectivity index (χ3n) is 5.54. The number of hydrogen-bond donors (Lipinski definition) is 1. The van der Waals surface area contributed by atoms with Crippen molar-refractivity contribution in [2.75, 3.05) is 26.3 Å². The number of rotatable bonds is 7. The molecule has 0 spiro atoms. The summed E-state index contributed by atoms with van der Waals surface area (Å²) in [4.78, 5) is 13.5. The zero-order chi connectivity index (χ0) is 22.0. The van der Waals surface area contributed by atoms with Crippen LogP contribution >= 0.6 is 11.3 Å². The van der Waals surface area contributed by atoms with Gasteiger partial charge in [-0.25, -0.2) is 8.42 Å². The molecule has 31 heavy (non-hydrogen) atoms. The average molecular weight is 465 g/mol. The Morgan fingerprint density at radius 2 is 1.81 bits per heavy atom. The average Bonchev–Trinajstić information content (AvgIpc) is 3.44. The molecule has 4 rings (SSSR count). The summed E-state index contributed by atoms with van der Waals surface area (Å²) in [7, 11) is -3.45. The van der Waals surface area contributed by atoms with E-state index in [2.05, 4.69) is 5.32 Å². The van der Waals surface area contributed by atoms with Gasteiger partial charge in [-0.15, -0.1) is 11.3 Å². The summed E-state index contributed by atoms with van der Waals surface area (Å²) in [6, 6.07) is 8.91. The number of carbonyl (C=O) groups is 1. The van der Waals surface area contributed by atoms with Crippen LogP contribution in [0.25, 0.3) is 0 Å². The molecule has 1 aromatic heterocycles. The highest BCUT2D eigenvalue weighted by molar-refractivity contribution is 7.91. The van der Waals surface area contributed by atoms with Gasteiger partial charge in [0.2, 0.25) is 5.91 Å². The molecular weight excluding hydrogens is 436 g/mol. The molecule has 3 heterocycles. The number of nitrogens with zero attached hydrogens (tertiary/aromatic N) is 1. The largest absolute Gasteiger partial charge is 0.486 e. The first-order valence-corrected chi connectivity index (χ1v) is 12.9. The number of amides is 1. The number of carbonyl (C=O) groups excluding carboxylic acids is 1. The molecule has 168 valence electrons. The van der Waals surface area contributed by atoms with Crippen LogP contribution in [-0.4, -0.2) is 44.9 Å². The Morgan fingerprint density at radius 1 is 1.10 bits per heavy atom. The van der Waals surface area contributed by atoms with Gasteiger partial charge in [-0.05, 0) is 48.6 Å². The summed E-state index contributed by atoms with van der Waals surface area (Å²) in [5, 5.41) is 3.10. The summed E-state index contributed by atoms with van der Waals surface area (Å²) in [5.74, 6) is 1.44. The number of thiophene rings is 1. The van der Waals surface area contributed by atoms with Gasteiger partial charge in [-0.1, -0.05) is 19.9 Å². The lowest BCUT2D eigenvalue weighted by molar-refractivity contribution is -0.121. The normalized spacial score (nSPS) is 17.6. The smallest absolute Gasteiger partial charge is 0.252 e. The van der Waals surface area contributed by atoms with Crippen LogP contribution in [0.3, 0.4) is 0 Å². The van der Waals surface area contributed by atoms with E-state index >= 15 is 0 Å². The Balaban J connectivity index is 1.44. The van der Waals surface area contributed by atoms with Crippen LogP contribution in [0.2, 0.25) is 0 Å². The van der Waals surface area contributed by atoms with Gasteiger partial charge in [0, 0.05) is 18.0 Å². The summed E-state index contributed by atoms with van der Waals surface area (Å²) >= 11 is 1.18. The van der Waals surface area contributed by atoms with Crippen molar-refractivity contribution >= 4 is 27.3 Å². The standard InChI is InChI=1S/C22H28N2O5S2/c1-15(2)22(16-5-7-18-19(13-16)29-12-11-28-18)23-20(25)14-17-6-8-21(30-17)31(26,27)24-9-3-4-10-24/h5-8,13,15,22H,3-4,9-12,14H2,1-2H3,(H,23,25). The van der Waals surface area contributed by atoms with Gasteiger partial charge in [0.1, 0.15) is 17.4 Å². The molecule has 2 aliphatic rings. The van der Waals surface area contributed by atoms with E-state index in [0.717, 1.165) is 23.3 Å². The number of nitrogens with one attached hydrogen (secondary N) is 1. The lowest BCUT2D eigenvalue weighted by Gasteiger charge is -2.25. The van der Waals surface area contributed by atoms with Crippen LogP contribution < -0.4 is 14.8 Å². The minimum atomic E-state index is -3.45. The van der Waals surface area contributed by atoms with Gasteiger partial charge in [0.05, 0.1) is 12.5 Å². The molecule has 1 N–H and O–H groups in total. The molecule has 1 fully saturated rings. The molecule has 2 aliphatic heterocycles. The predicted molar refractivity (Wildman–Crippen MR) is 119 cm³/mol. The molecule has 2 aromatic rings. The lowest BCUT2D eigenvalue weighted by atomic mass is 9.95. The predicted octanol–water partition coefficient (Wildman–Crippen LogP) is 3.36. The van der Waals surface area contributed by atoms with Crippen LogP contribution in [0.5, 0.6) is 11.5 Å². The third-order valence-corrected chi connectivity index (χ3v) is 8.99. The molecule has 1 aromatic carbocycles. The quantitative estimate of drug-likeness (QED) is 0.679. The van der Waals surface area contributed by atoms with Gasteiger partial charge in [-0.2, -0.15) is 4.31 Å². The minimum Gasteiger partial charge on any atom is -0.486 e. The van der Waals surface area contributed by atoms with Gasteiger partial charge in [-0.3, -0.25) is 4.79 Å². The molecule has 0 saturated carbocycles. The Labute approximate surface area is 187 Å². The molecule has 1 amide bonds. The van der Waals surface area contributed by atoms with Crippen molar-refractivity contribution in [3.8, 4) is 11.5 Å². The van der Waals surface area contributed by atoms with Crippen molar-refractivity contribution in [3.05, 3.63) is 40.8 Å². The minimum absolute atomic E-state index is 0.138. The first kappa shape index (κ1) is 22.1. The molecule has 1 unspecified atom stereocenters. The van der Waals surface area contributed by atoms with E-state index in [1.54, 1.807) is 12.1 Å². The number of benzene rings is 1. The van der Waals surface area contributed by atoms with Crippen molar-refractivity contribution in [1.29, 1.82) is 0 Å². The Hall–Kier alpha value is -2.10. The van der Waals surface area contributed by atoms with Crippen LogP contribution in [0.1, 0.15) is 43.2 Å². The third kappa shape index (κ3) is 4.88. The second-order valence-corrected chi connectivity index (χ2v) is 11.5. The molecule has 9 heteroatoms. The molecule has 0 radical (unpaired) electrons. The lowest BCUT2D eigenvalue weighted by Crippen LogP contribution is -2.32. The Kier molecular flexibility index (Phi) is 6.55. The first-order chi connectivity index (χ1) is 14.8. The van der Waals surface area contributed by atoms with E-state index in [9.17, 15) is 13.2 Å². The van der Waals surface area contributed by atoms with Gasteiger partial charge in [0.15, 0.2) is 11.5 Å². The highest BCUT2D eigenvalue weighted by Crippen LogP contribution is 2.34. The van der Waals surface area contributed by atoms with Crippen molar-refractivity contribution < 1.29 is 22.7 Å².